The molecule has 2 aliphatic rings. The maximum absolute atomic E-state index is 12.8. The number of anilines is 1. The van der Waals surface area contributed by atoms with Crippen molar-refractivity contribution in [2.24, 2.45) is 0 Å². The van der Waals surface area contributed by atoms with E-state index in [9.17, 15) is 9.59 Å². The summed E-state index contributed by atoms with van der Waals surface area (Å²) in [6, 6.07) is 10.3. The molecule has 1 N–H and O–H groups in total. The second kappa shape index (κ2) is 8.45. The summed E-state index contributed by atoms with van der Waals surface area (Å²) in [6.07, 6.45) is 2.83. The lowest BCUT2D eigenvalue weighted by molar-refractivity contribution is -0.131. The Morgan fingerprint density at radius 3 is 2.93 bits per heavy atom. The predicted octanol–water partition coefficient (Wildman–Crippen LogP) is 3.25. The first-order chi connectivity index (χ1) is 14.0. The molecule has 0 bridgehead atoms. The van der Waals surface area contributed by atoms with Crippen LogP contribution in [0.3, 0.4) is 0 Å². The molecule has 1 fully saturated rings. The van der Waals surface area contributed by atoms with Crippen molar-refractivity contribution in [2.75, 3.05) is 38.6 Å². The summed E-state index contributed by atoms with van der Waals surface area (Å²) in [6.45, 7) is 2.15. The first-order valence-corrected chi connectivity index (χ1v) is 11.1. The van der Waals surface area contributed by atoms with Gasteiger partial charge in [-0.25, -0.2) is 4.79 Å². The average molecular weight is 413 g/mol. The summed E-state index contributed by atoms with van der Waals surface area (Å²) in [5, 5.41) is 4.95. The monoisotopic (exact) mass is 412 g/mol. The van der Waals surface area contributed by atoms with E-state index < -0.39 is 0 Å². The molecule has 2 aliphatic heterocycles. The van der Waals surface area contributed by atoms with Gasteiger partial charge in [0.2, 0.25) is 5.91 Å². The Bertz CT molecular complexity index is 894. The third-order valence-corrected chi connectivity index (χ3v) is 6.86. The van der Waals surface area contributed by atoms with Crippen LogP contribution in [0.5, 0.6) is 0 Å². The highest BCUT2D eigenvalue weighted by atomic mass is 32.1. The molecule has 1 unspecified atom stereocenters. The number of nitrogens with zero attached hydrogens (tertiary/aromatic N) is 3. The number of hydrogen-bond donors (Lipinski definition) is 1. The van der Waals surface area contributed by atoms with E-state index in [-0.39, 0.29) is 24.5 Å². The fourth-order valence-electron chi connectivity index (χ4n) is 4.19. The standard InChI is InChI=1S/C22H28N4O2S/c1-24(2)18-6-3-5-16(13-18)19-7-4-10-26(19)22(28)23-14-21(27)25-11-8-20-17(15-25)9-12-29-20/h3,5-6,9,12-13,19H,4,7-8,10-11,14-15H2,1-2H3,(H,23,28). The van der Waals surface area contributed by atoms with E-state index in [1.165, 1.54) is 10.4 Å². The molecular formula is C22H28N4O2S. The minimum Gasteiger partial charge on any atom is -0.378 e. The predicted molar refractivity (Wildman–Crippen MR) is 116 cm³/mol. The normalized spacial score (nSPS) is 18.5. The van der Waals surface area contributed by atoms with E-state index in [2.05, 4.69) is 39.9 Å². The minimum absolute atomic E-state index is 0.0134. The minimum atomic E-state index is -0.149. The average Bonchev–Trinajstić information content (AvgIpc) is 3.40. The molecule has 1 aromatic heterocycles. The fraction of sp³-hybridized carbons (Fsp3) is 0.455. The molecule has 1 aromatic carbocycles. The first-order valence-electron chi connectivity index (χ1n) is 10.2. The summed E-state index contributed by atoms with van der Waals surface area (Å²) in [5.41, 5.74) is 3.51. The first kappa shape index (κ1) is 19.8. The van der Waals surface area contributed by atoms with Gasteiger partial charge in [-0.3, -0.25) is 4.79 Å². The van der Waals surface area contributed by atoms with Crippen LogP contribution in [-0.2, 0) is 17.8 Å². The zero-order valence-corrected chi connectivity index (χ0v) is 17.9. The third-order valence-electron chi connectivity index (χ3n) is 5.84. The molecule has 2 aromatic rings. The maximum Gasteiger partial charge on any atom is 0.318 e. The van der Waals surface area contributed by atoms with Crippen molar-refractivity contribution < 1.29 is 9.59 Å². The van der Waals surface area contributed by atoms with Gasteiger partial charge in [0.05, 0.1) is 12.6 Å². The molecule has 7 heteroatoms. The zero-order valence-electron chi connectivity index (χ0n) is 17.1. The van der Waals surface area contributed by atoms with Crippen LogP contribution < -0.4 is 10.2 Å². The second-order valence-corrected chi connectivity index (χ2v) is 8.93. The quantitative estimate of drug-likeness (QED) is 0.839. The maximum atomic E-state index is 12.8. The van der Waals surface area contributed by atoms with E-state index in [1.54, 1.807) is 11.3 Å². The van der Waals surface area contributed by atoms with E-state index >= 15 is 0 Å². The van der Waals surface area contributed by atoms with Gasteiger partial charge in [-0.05, 0) is 54.0 Å². The molecule has 4 rings (SSSR count). The number of carbonyl (C=O) groups is 2. The van der Waals surface area contributed by atoms with Gasteiger partial charge in [-0.15, -0.1) is 11.3 Å². The van der Waals surface area contributed by atoms with Crippen LogP contribution in [0.2, 0.25) is 0 Å². The molecule has 0 spiro atoms. The van der Waals surface area contributed by atoms with Crippen molar-refractivity contribution in [2.45, 2.75) is 31.8 Å². The van der Waals surface area contributed by atoms with Crippen molar-refractivity contribution in [3.8, 4) is 0 Å². The zero-order chi connectivity index (χ0) is 20.4. The molecule has 0 aliphatic carbocycles. The Morgan fingerprint density at radius 1 is 1.24 bits per heavy atom. The Balaban J connectivity index is 1.35. The lowest BCUT2D eigenvalue weighted by Gasteiger charge is -2.29. The summed E-state index contributed by atoms with van der Waals surface area (Å²) in [5.74, 6) is -0.0134. The highest BCUT2D eigenvalue weighted by molar-refractivity contribution is 7.10. The Labute approximate surface area is 176 Å². The Kier molecular flexibility index (Phi) is 5.76. The van der Waals surface area contributed by atoms with Crippen molar-refractivity contribution in [1.29, 1.82) is 0 Å². The lowest BCUT2D eigenvalue weighted by atomic mass is 10.0. The SMILES string of the molecule is CN(C)c1cccc(C2CCCN2C(=O)NCC(=O)N2CCc3sccc3C2)c1. The van der Waals surface area contributed by atoms with Gasteiger partial charge in [-0.2, -0.15) is 0 Å². The molecule has 29 heavy (non-hydrogen) atoms. The second-order valence-electron chi connectivity index (χ2n) is 7.93. The van der Waals surface area contributed by atoms with Crippen LogP contribution in [0, 0.1) is 0 Å². The smallest absolute Gasteiger partial charge is 0.318 e. The van der Waals surface area contributed by atoms with Crippen LogP contribution >= 0.6 is 11.3 Å². The van der Waals surface area contributed by atoms with Gasteiger partial charge < -0.3 is 20.0 Å². The van der Waals surface area contributed by atoms with Crippen LogP contribution in [0.4, 0.5) is 10.5 Å². The largest absolute Gasteiger partial charge is 0.378 e. The van der Waals surface area contributed by atoms with Crippen LogP contribution in [0.25, 0.3) is 0 Å². The number of fused-ring (bicyclic) bond motifs is 1. The number of likely N-dealkylation sites (tertiary alicyclic amines) is 1. The summed E-state index contributed by atoms with van der Waals surface area (Å²) >= 11 is 1.76. The Hall–Kier alpha value is -2.54. The molecule has 1 saturated heterocycles. The fourth-order valence-corrected chi connectivity index (χ4v) is 5.08. The number of rotatable bonds is 4. The highest BCUT2D eigenvalue weighted by Crippen LogP contribution is 2.33. The molecule has 3 amide bonds. The van der Waals surface area contributed by atoms with E-state index in [0.717, 1.165) is 43.6 Å². The number of benzene rings is 1. The van der Waals surface area contributed by atoms with Gasteiger partial charge in [-0.1, -0.05) is 12.1 Å². The Morgan fingerprint density at radius 2 is 2.10 bits per heavy atom. The number of hydrogen-bond acceptors (Lipinski definition) is 4. The topological polar surface area (TPSA) is 55.9 Å². The van der Waals surface area contributed by atoms with Gasteiger partial charge in [0.1, 0.15) is 0 Å². The molecule has 154 valence electrons. The van der Waals surface area contributed by atoms with Gasteiger partial charge in [0.15, 0.2) is 0 Å². The third kappa shape index (κ3) is 4.24. The number of amides is 3. The summed E-state index contributed by atoms with van der Waals surface area (Å²) in [7, 11) is 4.03. The lowest BCUT2D eigenvalue weighted by Crippen LogP contribution is -2.46. The van der Waals surface area contributed by atoms with E-state index in [0.29, 0.717) is 6.54 Å². The molecule has 1 atom stereocenters. The van der Waals surface area contributed by atoms with Gasteiger partial charge in [0, 0.05) is 44.3 Å². The van der Waals surface area contributed by atoms with E-state index in [4.69, 9.17) is 0 Å². The van der Waals surface area contributed by atoms with Gasteiger partial charge in [0.25, 0.3) is 0 Å². The molecule has 6 nitrogen and oxygen atoms in total. The molecule has 0 radical (unpaired) electrons. The summed E-state index contributed by atoms with van der Waals surface area (Å²) < 4.78 is 0. The van der Waals surface area contributed by atoms with Crippen molar-refractivity contribution in [1.82, 2.24) is 15.1 Å². The van der Waals surface area contributed by atoms with Crippen LogP contribution in [0.15, 0.2) is 35.7 Å². The highest BCUT2D eigenvalue weighted by Gasteiger charge is 2.31. The number of nitrogens with one attached hydrogen (secondary N) is 1. The van der Waals surface area contributed by atoms with Crippen molar-refractivity contribution in [3.63, 3.8) is 0 Å². The number of carbonyl (C=O) groups excluding carboxylic acids is 2. The van der Waals surface area contributed by atoms with Crippen molar-refractivity contribution >= 4 is 29.0 Å². The molecule has 0 saturated carbocycles. The number of urea groups is 1. The summed E-state index contributed by atoms with van der Waals surface area (Å²) in [4.78, 5) is 32.6. The van der Waals surface area contributed by atoms with E-state index in [1.807, 2.05) is 30.0 Å². The van der Waals surface area contributed by atoms with Crippen LogP contribution in [0.1, 0.15) is 34.9 Å². The molecule has 3 heterocycles. The van der Waals surface area contributed by atoms with Gasteiger partial charge >= 0.3 is 6.03 Å². The van der Waals surface area contributed by atoms with Crippen LogP contribution in [-0.4, -0.2) is 55.5 Å². The molecular weight excluding hydrogens is 384 g/mol. The van der Waals surface area contributed by atoms with Crippen molar-refractivity contribution in [3.05, 3.63) is 51.7 Å². The number of thiophene rings is 1.